The Kier molecular flexibility index (Phi) is 4.98. The van der Waals surface area contributed by atoms with Crippen LogP contribution in [0.1, 0.15) is 6.92 Å². The van der Waals surface area contributed by atoms with Gasteiger partial charge in [0.2, 0.25) is 5.91 Å². The van der Waals surface area contributed by atoms with Crippen LogP contribution in [0.25, 0.3) is 0 Å². The van der Waals surface area contributed by atoms with Gasteiger partial charge in [-0.15, -0.1) is 0 Å². The van der Waals surface area contributed by atoms with Crippen LogP contribution >= 0.6 is 11.6 Å². The summed E-state index contributed by atoms with van der Waals surface area (Å²) in [4.78, 5) is 23.5. The number of amides is 1. The van der Waals surface area contributed by atoms with E-state index < -0.39 is 4.92 Å². The molecule has 114 valence electrons. The first-order chi connectivity index (χ1) is 9.97. The SMILES string of the molecule is CC(=O)N1CCOC(CNc2ccc(Cl)cc2[N+](=O)[O-])C1. The van der Waals surface area contributed by atoms with E-state index in [1.54, 1.807) is 17.0 Å². The predicted molar refractivity (Wildman–Crippen MR) is 78.6 cm³/mol. The third-order valence-electron chi connectivity index (χ3n) is 3.26. The van der Waals surface area contributed by atoms with E-state index in [-0.39, 0.29) is 17.7 Å². The Morgan fingerprint density at radius 3 is 3.05 bits per heavy atom. The molecule has 0 radical (unpaired) electrons. The fourth-order valence-corrected chi connectivity index (χ4v) is 2.32. The van der Waals surface area contributed by atoms with Crippen LogP contribution in [0.5, 0.6) is 0 Å². The van der Waals surface area contributed by atoms with Gasteiger partial charge < -0.3 is 15.0 Å². The van der Waals surface area contributed by atoms with E-state index in [4.69, 9.17) is 16.3 Å². The van der Waals surface area contributed by atoms with Crippen LogP contribution in [-0.4, -0.2) is 48.1 Å². The Morgan fingerprint density at radius 2 is 2.38 bits per heavy atom. The highest BCUT2D eigenvalue weighted by molar-refractivity contribution is 6.30. The van der Waals surface area contributed by atoms with Crippen LogP contribution in [0.4, 0.5) is 11.4 Å². The average Bonchev–Trinajstić information content (AvgIpc) is 2.46. The Bertz CT molecular complexity index is 552. The molecule has 1 aliphatic rings. The van der Waals surface area contributed by atoms with E-state index in [0.717, 1.165) is 0 Å². The zero-order valence-electron chi connectivity index (χ0n) is 11.5. The van der Waals surface area contributed by atoms with E-state index in [1.165, 1.54) is 13.0 Å². The van der Waals surface area contributed by atoms with Crippen molar-refractivity contribution in [2.75, 3.05) is 31.6 Å². The lowest BCUT2D eigenvalue weighted by molar-refractivity contribution is -0.383. The number of anilines is 1. The molecular weight excluding hydrogens is 298 g/mol. The number of benzene rings is 1. The highest BCUT2D eigenvalue weighted by Gasteiger charge is 2.23. The van der Waals surface area contributed by atoms with Crippen LogP contribution in [0.2, 0.25) is 5.02 Å². The van der Waals surface area contributed by atoms with Gasteiger partial charge in [0.05, 0.1) is 17.6 Å². The monoisotopic (exact) mass is 313 g/mol. The van der Waals surface area contributed by atoms with Gasteiger partial charge in [-0.3, -0.25) is 14.9 Å². The molecule has 1 saturated heterocycles. The second-order valence-electron chi connectivity index (χ2n) is 4.76. The number of nitrogens with zero attached hydrogens (tertiary/aromatic N) is 2. The van der Waals surface area contributed by atoms with Crippen molar-refractivity contribution in [3.05, 3.63) is 33.3 Å². The maximum atomic E-state index is 11.3. The minimum Gasteiger partial charge on any atom is -0.377 e. The highest BCUT2D eigenvalue weighted by Crippen LogP contribution is 2.27. The van der Waals surface area contributed by atoms with Crippen molar-refractivity contribution >= 4 is 28.9 Å². The van der Waals surface area contributed by atoms with Crippen molar-refractivity contribution in [1.29, 1.82) is 0 Å². The summed E-state index contributed by atoms with van der Waals surface area (Å²) in [6.45, 7) is 3.41. The van der Waals surface area contributed by atoms with Crippen LogP contribution in [0.3, 0.4) is 0 Å². The summed E-state index contributed by atoms with van der Waals surface area (Å²) in [5, 5.41) is 14.3. The minimum atomic E-state index is -0.488. The molecule has 1 fully saturated rings. The van der Waals surface area contributed by atoms with E-state index in [9.17, 15) is 14.9 Å². The molecule has 0 aliphatic carbocycles. The van der Waals surface area contributed by atoms with Crippen molar-refractivity contribution in [1.82, 2.24) is 4.90 Å². The summed E-state index contributed by atoms with van der Waals surface area (Å²) in [7, 11) is 0. The molecule has 2 rings (SSSR count). The Morgan fingerprint density at radius 1 is 1.62 bits per heavy atom. The molecular formula is C13H16ClN3O4. The summed E-state index contributed by atoms with van der Waals surface area (Å²) in [6, 6.07) is 4.44. The number of carbonyl (C=O) groups is 1. The maximum Gasteiger partial charge on any atom is 0.293 e. The number of rotatable bonds is 4. The Labute approximate surface area is 127 Å². The first kappa shape index (κ1) is 15.5. The van der Waals surface area contributed by atoms with E-state index in [1.807, 2.05) is 0 Å². The summed E-state index contributed by atoms with van der Waals surface area (Å²) < 4.78 is 5.55. The van der Waals surface area contributed by atoms with Gasteiger partial charge in [-0.2, -0.15) is 0 Å². The molecule has 8 heteroatoms. The molecule has 1 aliphatic heterocycles. The fourth-order valence-electron chi connectivity index (χ4n) is 2.16. The number of morpholine rings is 1. The second-order valence-corrected chi connectivity index (χ2v) is 5.19. The summed E-state index contributed by atoms with van der Waals surface area (Å²) in [5.41, 5.74) is 0.301. The van der Waals surface area contributed by atoms with Crippen LogP contribution in [0, 0.1) is 10.1 Å². The molecule has 1 atom stereocenters. The number of nitro benzene ring substituents is 1. The number of hydrogen-bond acceptors (Lipinski definition) is 5. The molecule has 21 heavy (non-hydrogen) atoms. The van der Waals surface area contributed by atoms with Gasteiger partial charge >= 0.3 is 0 Å². The molecule has 1 unspecified atom stereocenters. The summed E-state index contributed by atoms with van der Waals surface area (Å²) >= 11 is 5.76. The van der Waals surface area contributed by atoms with Gasteiger partial charge in [0.15, 0.2) is 0 Å². The number of carbonyl (C=O) groups excluding carboxylic acids is 1. The molecule has 1 aromatic carbocycles. The van der Waals surface area contributed by atoms with Gasteiger partial charge in [0, 0.05) is 37.6 Å². The number of halogens is 1. The third-order valence-corrected chi connectivity index (χ3v) is 3.50. The topological polar surface area (TPSA) is 84.7 Å². The molecule has 1 amide bonds. The molecule has 1 heterocycles. The Hall–Kier alpha value is -1.86. The normalized spacial score (nSPS) is 18.4. The smallest absolute Gasteiger partial charge is 0.293 e. The summed E-state index contributed by atoms with van der Waals surface area (Å²) in [5.74, 6) is 0.000716. The molecule has 1 N–H and O–H groups in total. The zero-order valence-corrected chi connectivity index (χ0v) is 12.3. The molecule has 7 nitrogen and oxygen atoms in total. The second kappa shape index (κ2) is 6.73. The zero-order chi connectivity index (χ0) is 15.4. The Balaban J connectivity index is 2.00. The fraction of sp³-hybridized carbons (Fsp3) is 0.462. The van der Waals surface area contributed by atoms with Crippen LogP contribution < -0.4 is 5.32 Å². The van der Waals surface area contributed by atoms with Gasteiger partial charge in [-0.25, -0.2) is 0 Å². The lowest BCUT2D eigenvalue weighted by Crippen LogP contribution is -2.47. The van der Waals surface area contributed by atoms with Crippen molar-refractivity contribution < 1.29 is 14.5 Å². The predicted octanol–water partition coefficient (Wildman–Crippen LogP) is 1.91. The first-order valence-corrected chi connectivity index (χ1v) is 6.90. The molecule has 0 bridgehead atoms. The maximum absolute atomic E-state index is 11.3. The van der Waals surface area contributed by atoms with Gasteiger partial charge in [-0.05, 0) is 12.1 Å². The largest absolute Gasteiger partial charge is 0.377 e. The van der Waals surface area contributed by atoms with Gasteiger partial charge in [0.25, 0.3) is 5.69 Å². The lowest BCUT2D eigenvalue weighted by atomic mass is 10.2. The molecule has 0 spiro atoms. The number of hydrogen-bond donors (Lipinski definition) is 1. The third kappa shape index (κ3) is 4.05. The van der Waals surface area contributed by atoms with Crippen molar-refractivity contribution in [3.8, 4) is 0 Å². The minimum absolute atomic E-state index is 0.000716. The number of nitrogens with one attached hydrogen (secondary N) is 1. The first-order valence-electron chi connectivity index (χ1n) is 6.52. The number of nitro groups is 1. The average molecular weight is 314 g/mol. The van der Waals surface area contributed by atoms with Gasteiger partial charge in [0.1, 0.15) is 5.69 Å². The van der Waals surface area contributed by atoms with Crippen molar-refractivity contribution in [3.63, 3.8) is 0 Å². The molecule has 1 aromatic rings. The standard InChI is InChI=1S/C13H16ClN3O4/c1-9(18)16-4-5-21-11(8-16)7-15-12-3-2-10(14)6-13(12)17(19)20/h2-3,6,11,15H,4-5,7-8H2,1H3. The van der Waals surface area contributed by atoms with Crippen molar-refractivity contribution in [2.45, 2.75) is 13.0 Å². The van der Waals surface area contributed by atoms with Gasteiger partial charge in [-0.1, -0.05) is 11.6 Å². The highest BCUT2D eigenvalue weighted by atomic mass is 35.5. The number of ether oxygens (including phenoxy) is 1. The van der Waals surface area contributed by atoms with E-state index in [2.05, 4.69) is 5.32 Å². The van der Waals surface area contributed by atoms with E-state index >= 15 is 0 Å². The van der Waals surface area contributed by atoms with E-state index in [0.29, 0.717) is 37.0 Å². The quantitative estimate of drug-likeness (QED) is 0.678. The lowest BCUT2D eigenvalue weighted by Gasteiger charge is -2.32. The van der Waals surface area contributed by atoms with Crippen LogP contribution in [0.15, 0.2) is 18.2 Å². The summed E-state index contributed by atoms with van der Waals surface area (Å²) in [6.07, 6.45) is -0.196. The molecule has 0 saturated carbocycles. The van der Waals surface area contributed by atoms with Crippen molar-refractivity contribution in [2.24, 2.45) is 0 Å². The van der Waals surface area contributed by atoms with Crippen LogP contribution in [-0.2, 0) is 9.53 Å². The molecule has 0 aromatic heterocycles.